The number of carbonyl (C=O) groups excluding carboxylic acids is 6. The van der Waals surface area contributed by atoms with Crippen LogP contribution in [-0.2, 0) is 36.9 Å². The number of rotatable bonds is 4. The van der Waals surface area contributed by atoms with Crippen LogP contribution in [0.5, 0.6) is 5.75 Å². The minimum Gasteiger partial charge on any atom is -0.505 e. The van der Waals surface area contributed by atoms with E-state index in [0.717, 1.165) is 0 Å². The van der Waals surface area contributed by atoms with Gasteiger partial charge < -0.3 is 26.6 Å². The van der Waals surface area contributed by atoms with Crippen molar-refractivity contribution < 1.29 is 43.4 Å². The second-order valence-electron chi connectivity index (χ2n) is 12.2. The lowest BCUT2D eigenvalue weighted by molar-refractivity contribution is -0.181. The van der Waals surface area contributed by atoms with E-state index in [0.29, 0.717) is 6.42 Å². The summed E-state index contributed by atoms with van der Waals surface area (Å²) in [5.41, 5.74) is 1.47. The van der Waals surface area contributed by atoms with Crippen molar-refractivity contribution in [2.45, 2.75) is 57.3 Å². The maximum atomic E-state index is 16.1. The summed E-state index contributed by atoms with van der Waals surface area (Å²) in [7, 11) is 2.96. The average molecular weight is 573 g/mol. The van der Waals surface area contributed by atoms with E-state index in [1.54, 1.807) is 0 Å². The van der Waals surface area contributed by atoms with E-state index in [1.165, 1.54) is 19.0 Å². The van der Waals surface area contributed by atoms with E-state index < -0.39 is 93.4 Å². The van der Waals surface area contributed by atoms with Gasteiger partial charge in [-0.15, -0.1) is 0 Å². The number of amides is 2. The molecule has 0 spiro atoms. The first kappa shape index (κ1) is 29.0. The maximum absolute atomic E-state index is 16.1. The number of carbonyl (C=O) groups is 6. The van der Waals surface area contributed by atoms with Gasteiger partial charge in [0.15, 0.2) is 40.4 Å². The Morgan fingerprint density at radius 2 is 1.80 bits per heavy atom. The number of Topliss-reactive ketones (excluding diaryl/α,β-unsaturated/α-hetero) is 4. The number of anilines is 1. The van der Waals surface area contributed by atoms with E-state index in [4.69, 9.17) is 5.73 Å². The van der Waals surface area contributed by atoms with Gasteiger partial charge >= 0.3 is 0 Å². The number of phenolic OH excluding ortho intramolecular Hbond substituents is 1. The highest BCUT2D eigenvalue weighted by Gasteiger charge is 2.69. The third-order valence-corrected chi connectivity index (χ3v) is 9.06. The van der Waals surface area contributed by atoms with Crippen molar-refractivity contribution in [1.29, 1.82) is 0 Å². The molecule has 6 N–H and O–H groups in total. The highest BCUT2D eigenvalue weighted by molar-refractivity contribution is 6.32. The molecule has 0 saturated heterocycles. The fourth-order valence-corrected chi connectivity index (χ4v) is 7.24. The van der Waals surface area contributed by atoms with E-state index >= 15 is 4.39 Å². The molecule has 4 aliphatic rings. The molecule has 3 aliphatic carbocycles. The van der Waals surface area contributed by atoms with Crippen molar-refractivity contribution in [1.82, 2.24) is 10.2 Å². The fourth-order valence-electron chi connectivity index (χ4n) is 7.24. The fraction of sp³-hybridized carbons (Fsp3) is 0.571. The first-order valence-electron chi connectivity index (χ1n) is 13.6. The number of aromatic hydroxyl groups is 1. The van der Waals surface area contributed by atoms with Gasteiger partial charge in [0.1, 0.15) is 5.82 Å². The molecule has 1 aromatic rings. The van der Waals surface area contributed by atoms with Crippen molar-refractivity contribution in [2.24, 2.45) is 35.3 Å². The van der Waals surface area contributed by atoms with Crippen LogP contribution >= 0.6 is 0 Å². The molecule has 1 aromatic carbocycles. The number of likely N-dealkylation sites (N-methyl/N-ethyl adjacent to an activating group) is 1. The van der Waals surface area contributed by atoms with Crippen molar-refractivity contribution in [3.63, 3.8) is 0 Å². The monoisotopic (exact) mass is 572 g/mol. The largest absolute Gasteiger partial charge is 0.505 e. The van der Waals surface area contributed by atoms with Crippen LogP contribution in [0.15, 0.2) is 0 Å². The first-order chi connectivity index (χ1) is 19.1. The van der Waals surface area contributed by atoms with Crippen molar-refractivity contribution in [3.8, 4) is 5.75 Å². The first-order valence-corrected chi connectivity index (χ1v) is 13.6. The predicted octanol–water partition coefficient (Wildman–Crippen LogP) is -0.537. The molecule has 2 amide bonds. The lowest BCUT2D eigenvalue weighted by Crippen LogP contribution is -2.74. The summed E-state index contributed by atoms with van der Waals surface area (Å²) in [5.74, 6) is -13.7. The Morgan fingerprint density at radius 3 is 2.39 bits per heavy atom. The summed E-state index contributed by atoms with van der Waals surface area (Å²) in [6.45, 7) is 3.72. The number of nitrogens with one attached hydrogen (secondary N) is 2. The van der Waals surface area contributed by atoms with Gasteiger partial charge in [0.05, 0.1) is 29.3 Å². The summed E-state index contributed by atoms with van der Waals surface area (Å²) in [4.78, 5) is 80.6. The minimum atomic E-state index is -2.88. The smallest absolute Gasteiger partial charge is 0.241 e. The highest BCUT2D eigenvalue weighted by Crippen LogP contribution is 2.52. The van der Waals surface area contributed by atoms with Crippen LogP contribution in [0.25, 0.3) is 0 Å². The molecular formula is C28H33FN4O8. The van der Waals surface area contributed by atoms with Gasteiger partial charge in [0, 0.05) is 23.6 Å². The summed E-state index contributed by atoms with van der Waals surface area (Å²) < 4.78 is 16.1. The summed E-state index contributed by atoms with van der Waals surface area (Å²) in [5, 5.41) is 28.3. The second kappa shape index (κ2) is 9.78. The number of hydrogen-bond acceptors (Lipinski definition) is 10. The maximum Gasteiger partial charge on any atom is 0.241 e. The zero-order valence-electron chi connectivity index (χ0n) is 23.1. The van der Waals surface area contributed by atoms with Crippen molar-refractivity contribution in [3.05, 3.63) is 22.5 Å². The second-order valence-corrected chi connectivity index (χ2v) is 12.2. The summed E-state index contributed by atoms with van der Waals surface area (Å²) in [6, 6.07) is -1.93. The molecule has 2 fully saturated rings. The number of ketones is 4. The van der Waals surface area contributed by atoms with Crippen LogP contribution in [0.2, 0.25) is 0 Å². The van der Waals surface area contributed by atoms with Gasteiger partial charge in [-0.3, -0.25) is 33.7 Å². The van der Waals surface area contributed by atoms with Crippen molar-refractivity contribution >= 4 is 40.6 Å². The van der Waals surface area contributed by atoms with Gasteiger partial charge in [0.25, 0.3) is 0 Å². The van der Waals surface area contributed by atoms with Gasteiger partial charge in [-0.2, -0.15) is 0 Å². The summed E-state index contributed by atoms with van der Waals surface area (Å²) >= 11 is 0. The summed E-state index contributed by atoms with van der Waals surface area (Å²) in [6.07, 6.45) is 0.0417. The molecule has 1 aliphatic heterocycles. The Morgan fingerprint density at radius 1 is 1.15 bits per heavy atom. The third-order valence-electron chi connectivity index (χ3n) is 9.06. The van der Waals surface area contributed by atoms with E-state index in [1.807, 2.05) is 13.8 Å². The van der Waals surface area contributed by atoms with Crippen molar-refractivity contribution in [2.75, 3.05) is 19.4 Å². The lowest BCUT2D eigenvalue weighted by atomic mass is 9.52. The van der Waals surface area contributed by atoms with Crippen LogP contribution in [0.4, 0.5) is 10.1 Å². The van der Waals surface area contributed by atoms with Gasteiger partial charge in [-0.1, -0.05) is 13.8 Å². The number of fused-ring (bicyclic) bond motifs is 4. The Balaban J connectivity index is 1.61. The topological polar surface area (TPSA) is 196 Å². The zero-order valence-corrected chi connectivity index (χ0v) is 23.1. The molecule has 0 aromatic heterocycles. The Hall–Kier alpha value is -3.55. The van der Waals surface area contributed by atoms with E-state index in [9.17, 15) is 39.0 Å². The van der Waals surface area contributed by atoms with Crippen LogP contribution in [0, 0.1) is 35.4 Å². The number of benzene rings is 1. The number of nitrogens with zero attached hydrogens (tertiary/aromatic N) is 1. The molecule has 220 valence electrons. The molecule has 2 saturated carbocycles. The third kappa shape index (κ3) is 4.04. The molecule has 12 nitrogen and oxygen atoms in total. The lowest BCUT2D eigenvalue weighted by Gasteiger charge is -2.52. The molecule has 5 rings (SSSR count). The number of aliphatic hydroxyl groups is 1. The minimum absolute atomic E-state index is 0.0377. The number of hydrogen-bond donors (Lipinski definition) is 5. The SMILES string of the molecule is CC(C)C[C@H]1NCc2c(F)c3c(c(O)c2NC1=O)C(=O)C1C(=O)[C@]2(O)C(=O)C(C(N)=O)C(=O)[C@@H](N(C)C)[C@@H]2C[C@@H]1C3. The molecule has 13 heteroatoms. The van der Waals surface area contributed by atoms with Crippen LogP contribution in [-0.4, -0.2) is 81.8 Å². The Labute approximate surface area is 234 Å². The Bertz CT molecular complexity index is 1420. The number of nitrogens with two attached hydrogens (primary N) is 1. The zero-order chi connectivity index (χ0) is 30.3. The Kier molecular flexibility index (Phi) is 6.91. The molecule has 0 radical (unpaired) electrons. The number of phenols is 1. The molecule has 2 unspecified atom stereocenters. The normalized spacial score (nSPS) is 33.1. The molecule has 1 heterocycles. The highest BCUT2D eigenvalue weighted by atomic mass is 19.1. The average Bonchev–Trinajstić information content (AvgIpc) is 3.03. The van der Waals surface area contributed by atoms with E-state index in [-0.39, 0.29) is 42.1 Å². The molecule has 0 bridgehead atoms. The number of primary amides is 1. The van der Waals surface area contributed by atoms with Crippen LogP contribution in [0.3, 0.4) is 0 Å². The molecule has 7 atom stereocenters. The van der Waals surface area contributed by atoms with Gasteiger partial charge in [-0.25, -0.2) is 4.39 Å². The predicted molar refractivity (Wildman–Crippen MR) is 140 cm³/mol. The molecule has 41 heavy (non-hydrogen) atoms. The van der Waals surface area contributed by atoms with Crippen LogP contribution in [0.1, 0.15) is 48.2 Å². The number of halogens is 1. The van der Waals surface area contributed by atoms with Crippen LogP contribution < -0.4 is 16.4 Å². The standard InChI is InChI=1S/C28H33FN4O8/c1-9(2)5-14-27(40)32-19-12(8-31-14)18(29)11-6-10-7-13-20(33(3)4)23(36)17(26(30)39)25(38)28(13,41)24(37)15(10)21(34)16(11)22(19)35/h9-10,13-15,17,20,31,35,41H,5-8H2,1-4H3,(H2,30,39)(H,32,40)/t10-,13-,14+,15?,17?,20-,28-/m0/s1. The quantitative estimate of drug-likeness (QED) is 0.231. The molecular weight excluding hydrogens is 539 g/mol. The van der Waals surface area contributed by atoms with E-state index in [2.05, 4.69) is 10.6 Å². The van der Waals surface area contributed by atoms with Gasteiger partial charge in [-0.05, 0) is 45.2 Å². The van der Waals surface area contributed by atoms with Gasteiger partial charge in [0.2, 0.25) is 11.8 Å².